The standard InChI is InChI=1S/C58H113NO5/c1-3-5-7-9-11-13-15-17-19-21-23-26-30-34-38-42-46-50-56(61)55(54-60)59-57(62)51-47-43-39-35-31-27-25-29-33-37-41-45-49-53-64-58(63)52-48-44-40-36-32-28-24-22-20-18-16-14-12-10-8-6-4-2/h27,31,55-56,60-61H,3-26,28-30,32-54H2,1-2H3,(H,59,62)/b31-27-. The highest BCUT2D eigenvalue weighted by Crippen LogP contribution is 2.17. The maximum Gasteiger partial charge on any atom is 0.305 e. The number of unbranched alkanes of at least 4 members (excludes halogenated alkanes) is 41. The number of allylic oxidation sites excluding steroid dienone is 2. The maximum atomic E-state index is 12.5. The number of ether oxygens (including phenoxy) is 1. The van der Waals surface area contributed by atoms with Gasteiger partial charge in [0.2, 0.25) is 5.91 Å². The fraction of sp³-hybridized carbons (Fsp3) is 0.931. The average molecular weight is 905 g/mol. The minimum Gasteiger partial charge on any atom is -0.466 e. The largest absolute Gasteiger partial charge is 0.466 e. The molecule has 0 aliphatic heterocycles. The van der Waals surface area contributed by atoms with Crippen molar-refractivity contribution in [2.75, 3.05) is 13.2 Å². The van der Waals surface area contributed by atoms with Crippen LogP contribution in [-0.2, 0) is 14.3 Å². The van der Waals surface area contributed by atoms with Crippen LogP contribution in [-0.4, -0.2) is 47.4 Å². The molecule has 0 spiro atoms. The second kappa shape index (κ2) is 54.2. The second-order valence-electron chi connectivity index (χ2n) is 20.0. The number of aliphatic hydroxyl groups excluding tert-OH is 2. The van der Waals surface area contributed by atoms with E-state index < -0.39 is 12.1 Å². The summed E-state index contributed by atoms with van der Waals surface area (Å²) in [6.45, 7) is 4.94. The van der Waals surface area contributed by atoms with Crippen molar-refractivity contribution in [1.29, 1.82) is 0 Å². The maximum absolute atomic E-state index is 12.5. The van der Waals surface area contributed by atoms with Crippen LogP contribution in [0.15, 0.2) is 12.2 Å². The Hall–Kier alpha value is -1.40. The monoisotopic (exact) mass is 904 g/mol. The molecular weight excluding hydrogens is 791 g/mol. The molecule has 0 radical (unpaired) electrons. The van der Waals surface area contributed by atoms with Crippen LogP contribution >= 0.6 is 0 Å². The van der Waals surface area contributed by atoms with Gasteiger partial charge in [0, 0.05) is 12.8 Å². The van der Waals surface area contributed by atoms with Crippen LogP contribution in [0.4, 0.5) is 0 Å². The van der Waals surface area contributed by atoms with Gasteiger partial charge in [-0.1, -0.05) is 270 Å². The number of carbonyl (C=O) groups excluding carboxylic acids is 2. The lowest BCUT2D eigenvalue weighted by Crippen LogP contribution is -2.45. The molecule has 0 fully saturated rings. The van der Waals surface area contributed by atoms with Gasteiger partial charge in [0.25, 0.3) is 0 Å². The molecule has 0 aliphatic carbocycles. The zero-order valence-electron chi connectivity index (χ0n) is 43.3. The van der Waals surface area contributed by atoms with Crippen molar-refractivity contribution in [1.82, 2.24) is 5.32 Å². The van der Waals surface area contributed by atoms with Gasteiger partial charge in [-0.3, -0.25) is 9.59 Å². The topological polar surface area (TPSA) is 95.9 Å². The average Bonchev–Trinajstić information content (AvgIpc) is 3.29. The van der Waals surface area contributed by atoms with Gasteiger partial charge in [-0.15, -0.1) is 0 Å². The Bertz CT molecular complexity index is 955. The van der Waals surface area contributed by atoms with Crippen LogP contribution in [0.5, 0.6) is 0 Å². The summed E-state index contributed by atoms with van der Waals surface area (Å²) in [7, 11) is 0. The summed E-state index contributed by atoms with van der Waals surface area (Å²) in [5.74, 6) is -0.0700. The van der Waals surface area contributed by atoms with Crippen molar-refractivity contribution < 1.29 is 24.5 Å². The number of hydrogen-bond donors (Lipinski definition) is 3. The molecule has 6 heteroatoms. The summed E-state index contributed by atoms with van der Waals surface area (Å²) < 4.78 is 5.48. The third-order valence-corrected chi connectivity index (χ3v) is 13.6. The fourth-order valence-corrected chi connectivity index (χ4v) is 9.11. The first-order chi connectivity index (χ1) is 31.5. The van der Waals surface area contributed by atoms with Gasteiger partial charge in [0.05, 0.1) is 25.4 Å². The van der Waals surface area contributed by atoms with E-state index in [0.717, 1.165) is 70.6 Å². The molecule has 6 nitrogen and oxygen atoms in total. The SMILES string of the molecule is CCCCCCCCCCCCCCCCCCCC(=O)OCCCCCCCC/C=C\CCCCCC(=O)NC(CO)C(O)CCCCCCCCCCCCCCCCCCC. The van der Waals surface area contributed by atoms with Crippen LogP contribution in [0, 0.1) is 0 Å². The van der Waals surface area contributed by atoms with Crippen molar-refractivity contribution in [3.05, 3.63) is 12.2 Å². The summed E-state index contributed by atoms with van der Waals surface area (Å²) >= 11 is 0. The first-order valence-corrected chi connectivity index (χ1v) is 28.9. The summed E-state index contributed by atoms with van der Waals surface area (Å²) in [4.78, 5) is 24.5. The zero-order valence-corrected chi connectivity index (χ0v) is 43.3. The lowest BCUT2D eigenvalue weighted by Gasteiger charge is -2.22. The number of aliphatic hydroxyl groups is 2. The van der Waals surface area contributed by atoms with Crippen molar-refractivity contribution in [3.63, 3.8) is 0 Å². The Morgan fingerprint density at radius 3 is 1.12 bits per heavy atom. The zero-order chi connectivity index (χ0) is 46.5. The van der Waals surface area contributed by atoms with Crippen LogP contribution in [0.25, 0.3) is 0 Å². The van der Waals surface area contributed by atoms with E-state index in [0.29, 0.717) is 25.9 Å². The number of hydrogen-bond acceptors (Lipinski definition) is 5. The predicted molar refractivity (Wildman–Crippen MR) is 278 cm³/mol. The molecule has 0 aliphatic rings. The van der Waals surface area contributed by atoms with Crippen LogP contribution in [0.2, 0.25) is 0 Å². The summed E-state index contributed by atoms with van der Waals surface area (Å²) in [5.41, 5.74) is 0. The molecule has 0 aromatic carbocycles. The van der Waals surface area contributed by atoms with Gasteiger partial charge in [0.15, 0.2) is 0 Å². The highest BCUT2D eigenvalue weighted by atomic mass is 16.5. The van der Waals surface area contributed by atoms with Crippen LogP contribution < -0.4 is 5.32 Å². The molecule has 0 heterocycles. The minimum absolute atomic E-state index is 0.00789. The lowest BCUT2D eigenvalue weighted by molar-refractivity contribution is -0.143. The number of amides is 1. The Labute approximate surface area is 399 Å². The Morgan fingerprint density at radius 1 is 0.422 bits per heavy atom. The second-order valence-corrected chi connectivity index (χ2v) is 20.0. The van der Waals surface area contributed by atoms with Crippen molar-refractivity contribution in [2.45, 2.75) is 334 Å². The number of rotatable bonds is 54. The third kappa shape index (κ3) is 50.0. The van der Waals surface area contributed by atoms with Crippen molar-refractivity contribution >= 4 is 11.9 Å². The van der Waals surface area contributed by atoms with Crippen molar-refractivity contribution in [2.24, 2.45) is 0 Å². The predicted octanol–water partition coefficient (Wildman–Crippen LogP) is 17.7. The van der Waals surface area contributed by atoms with Gasteiger partial charge in [-0.25, -0.2) is 0 Å². The first-order valence-electron chi connectivity index (χ1n) is 28.9. The van der Waals surface area contributed by atoms with Gasteiger partial charge < -0.3 is 20.3 Å². The molecule has 2 atom stereocenters. The molecule has 3 N–H and O–H groups in total. The smallest absolute Gasteiger partial charge is 0.305 e. The third-order valence-electron chi connectivity index (χ3n) is 13.6. The molecule has 0 saturated heterocycles. The Kier molecular flexibility index (Phi) is 53.0. The highest BCUT2D eigenvalue weighted by Gasteiger charge is 2.20. The van der Waals surface area contributed by atoms with E-state index in [-0.39, 0.29) is 18.5 Å². The molecule has 64 heavy (non-hydrogen) atoms. The van der Waals surface area contributed by atoms with Gasteiger partial charge >= 0.3 is 5.97 Å². The molecule has 2 unspecified atom stereocenters. The number of nitrogens with one attached hydrogen (secondary N) is 1. The van der Waals surface area contributed by atoms with Gasteiger partial charge in [-0.2, -0.15) is 0 Å². The molecule has 0 rings (SSSR count). The van der Waals surface area contributed by atoms with Gasteiger partial charge in [0.1, 0.15) is 0 Å². The quantitative estimate of drug-likeness (QED) is 0.0321. The fourth-order valence-electron chi connectivity index (χ4n) is 9.11. The van der Waals surface area contributed by atoms with E-state index in [4.69, 9.17) is 4.74 Å². The molecule has 0 saturated carbocycles. The van der Waals surface area contributed by atoms with Gasteiger partial charge in [-0.05, 0) is 51.4 Å². The van der Waals surface area contributed by atoms with Crippen LogP contribution in [0.3, 0.4) is 0 Å². The highest BCUT2D eigenvalue weighted by molar-refractivity contribution is 5.76. The molecule has 0 aromatic rings. The Morgan fingerprint density at radius 2 is 0.734 bits per heavy atom. The van der Waals surface area contributed by atoms with E-state index in [9.17, 15) is 19.8 Å². The van der Waals surface area contributed by atoms with E-state index >= 15 is 0 Å². The minimum atomic E-state index is -0.681. The van der Waals surface area contributed by atoms with E-state index in [1.54, 1.807) is 0 Å². The lowest BCUT2D eigenvalue weighted by atomic mass is 10.0. The molecule has 380 valence electrons. The summed E-state index contributed by atoms with van der Waals surface area (Å²) in [6, 6.07) is -0.561. The number of carbonyl (C=O) groups is 2. The molecule has 1 amide bonds. The summed E-state index contributed by atoms with van der Waals surface area (Å²) in [5, 5.41) is 23.3. The first kappa shape index (κ1) is 62.6. The molecule has 0 bridgehead atoms. The van der Waals surface area contributed by atoms with Crippen molar-refractivity contribution in [3.8, 4) is 0 Å². The summed E-state index contributed by atoms with van der Waals surface area (Å²) in [6.07, 6.45) is 63.4. The van der Waals surface area contributed by atoms with Crippen LogP contribution in [0.1, 0.15) is 322 Å². The number of esters is 1. The molecule has 0 aromatic heterocycles. The normalized spacial score (nSPS) is 12.6. The molecular formula is C58H113NO5. The Balaban J connectivity index is 3.46. The van der Waals surface area contributed by atoms with E-state index in [2.05, 4.69) is 31.3 Å². The van der Waals surface area contributed by atoms with E-state index in [1.165, 1.54) is 218 Å². The van der Waals surface area contributed by atoms with E-state index in [1.807, 2.05) is 0 Å².